The van der Waals surface area contributed by atoms with Crippen LogP contribution < -0.4 is 10.6 Å². The third-order valence-electron chi connectivity index (χ3n) is 5.37. The molecule has 4 heterocycles. The van der Waals surface area contributed by atoms with Crippen LogP contribution in [0.2, 0.25) is 0 Å². The van der Waals surface area contributed by atoms with Gasteiger partial charge in [0.15, 0.2) is 0 Å². The summed E-state index contributed by atoms with van der Waals surface area (Å²) in [5.41, 5.74) is 4.12. The van der Waals surface area contributed by atoms with Crippen molar-refractivity contribution in [2.75, 3.05) is 11.9 Å². The van der Waals surface area contributed by atoms with E-state index in [1.54, 1.807) is 36.1 Å². The third-order valence-corrected chi connectivity index (χ3v) is 6.25. The summed E-state index contributed by atoms with van der Waals surface area (Å²) in [5.74, 6) is -0.805. The summed E-state index contributed by atoms with van der Waals surface area (Å²) in [6, 6.07) is 11.4. The van der Waals surface area contributed by atoms with Gasteiger partial charge in [-0.3, -0.25) is 24.2 Å². The first-order chi connectivity index (χ1) is 15.7. The second kappa shape index (κ2) is 8.72. The number of aromatic nitrogens is 4. The van der Waals surface area contributed by atoms with Gasteiger partial charge in [-0.05, 0) is 23.1 Å². The van der Waals surface area contributed by atoms with Gasteiger partial charge in [0.2, 0.25) is 11.8 Å². The summed E-state index contributed by atoms with van der Waals surface area (Å²) in [6.07, 6.45) is 6.93. The molecule has 0 bridgehead atoms. The van der Waals surface area contributed by atoms with Crippen LogP contribution in [0.1, 0.15) is 17.9 Å². The van der Waals surface area contributed by atoms with Crippen molar-refractivity contribution in [3.8, 4) is 21.8 Å². The van der Waals surface area contributed by atoms with Crippen LogP contribution >= 0.6 is 11.3 Å². The molecule has 4 aromatic rings. The Labute approximate surface area is 188 Å². The first-order valence-electron chi connectivity index (χ1n) is 10.2. The van der Waals surface area contributed by atoms with Gasteiger partial charge in [-0.1, -0.05) is 24.3 Å². The van der Waals surface area contributed by atoms with Crippen LogP contribution in [0.15, 0.2) is 66.6 Å². The van der Waals surface area contributed by atoms with Gasteiger partial charge in [0, 0.05) is 36.6 Å². The van der Waals surface area contributed by atoms with Crippen molar-refractivity contribution in [2.45, 2.75) is 18.9 Å². The van der Waals surface area contributed by atoms with E-state index in [1.165, 1.54) is 0 Å². The van der Waals surface area contributed by atoms with Crippen LogP contribution in [-0.2, 0) is 16.1 Å². The van der Waals surface area contributed by atoms with E-state index in [0.29, 0.717) is 18.8 Å². The Morgan fingerprint density at radius 2 is 2.09 bits per heavy atom. The van der Waals surface area contributed by atoms with Crippen LogP contribution in [0.5, 0.6) is 0 Å². The standard InChI is InChI=1S/C23H20N6O2S/c30-21-12-16(15-4-1-2-5-18(15)28-21)23(31)26-9-10-29-22(20-6-3-11-32-20)17(13-27-29)19-14-24-7-8-25-19/h1-8,11,13-14,16H,9-10,12H2,(H,26,31)(H,28,30)/t16-/m1/s1. The lowest BCUT2D eigenvalue weighted by molar-refractivity contribution is -0.126. The number of fused-ring (bicyclic) bond motifs is 1. The van der Waals surface area contributed by atoms with E-state index in [2.05, 4.69) is 25.7 Å². The molecular formula is C23H20N6O2S. The summed E-state index contributed by atoms with van der Waals surface area (Å²) in [4.78, 5) is 34.6. The first kappa shape index (κ1) is 20.1. The first-order valence-corrected chi connectivity index (χ1v) is 11.1. The highest BCUT2D eigenvalue weighted by Crippen LogP contribution is 2.34. The predicted octanol–water partition coefficient (Wildman–Crippen LogP) is 3.31. The maximum atomic E-state index is 12.9. The molecule has 0 spiro atoms. The van der Waals surface area contributed by atoms with Crippen LogP contribution in [0.3, 0.4) is 0 Å². The molecule has 3 aromatic heterocycles. The van der Waals surface area contributed by atoms with Crippen molar-refractivity contribution in [2.24, 2.45) is 0 Å². The monoisotopic (exact) mass is 444 g/mol. The predicted molar refractivity (Wildman–Crippen MR) is 122 cm³/mol. The molecule has 0 radical (unpaired) electrons. The van der Waals surface area contributed by atoms with E-state index in [1.807, 2.05) is 46.5 Å². The molecule has 8 nitrogen and oxygen atoms in total. The van der Waals surface area contributed by atoms with E-state index in [4.69, 9.17) is 0 Å². The Morgan fingerprint density at radius 3 is 2.91 bits per heavy atom. The number of carbonyl (C=O) groups excluding carboxylic acids is 2. The summed E-state index contributed by atoms with van der Waals surface area (Å²) in [7, 11) is 0. The minimum Gasteiger partial charge on any atom is -0.354 e. The second-order valence-corrected chi connectivity index (χ2v) is 8.33. The molecule has 1 aliphatic rings. The SMILES string of the molecule is O=C1C[C@@H](C(=O)NCCn2ncc(-c3cnccn3)c2-c2cccs2)c2ccccc2N1. The third kappa shape index (κ3) is 3.90. The number of carbonyl (C=O) groups is 2. The average Bonchev–Trinajstić information content (AvgIpc) is 3.49. The molecule has 5 rings (SSSR count). The van der Waals surface area contributed by atoms with Gasteiger partial charge < -0.3 is 10.6 Å². The number of benzene rings is 1. The molecule has 2 amide bonds. The number of hydrogen-bond acceptors (Lipinski definition) is 6. The van der Waals surface area contributed by atoms with E-state index in [9.17, 15) is 9.59 Å². The second-order valence-electron chi connectivity index (χ2n) is 7.38. The Bertz CT molecular complexity index is 1250. The van der Waals surface area contributed by atoms with Gasteiger partial charge in [0.1, 0.15) is 0 Å². The molecule has 0 fully saturated rings. The molecule has 0 saturated carbocycles. The Hall–Kier alpha value is -3.85. The molecule has 9 heteroatoms. The topological polar surface area (TPSA) is 102 Å². The number of rotatable bonds is 6. The highest BCUT2D eigenvalue weighted by molar-refractivity contribution is 7.13. The molecule has 1 aromatic carbocycles. The van der Waals surface area contributed by atoms with Crippen molar-refractivity contribution in [3.63, 3.8) is 0 Å². The zero-order valence-corrected chi connectivity index (χ0v) is 17.9. The van der Waals surface area contributed by atoms with Crippen molar-refractivity contribution in [1.29, 1.82) is 0 Å². The molecule has 0 unspecified atom stereocenters. The molecule has 0 aliphatic carbocycles. The van der Waals surface area contributed by atoms with Gasteiger partial charge in [0.05, 0.1) is 41.1 Å². The summed E-state index contributed by atoms with van der Waals surface area (Å²) in [5, 5.41) is 12.4. The Kier molecular flexibility index (Phi) is 5.47. The number of anilines is 1. The van der Waals surface area contributed by atoms with Gasteiger partial charge >= 0.3 is 0 Å². The maximum absolute atomic E-state index is 12.9. The number of para-hydroxylation sites is 1. The number of hydrogen-bond donors (Lipinski definition) is 2. The number of nitrogens with one attached hydrogen (secondary N) is 2. The van der Waals surface area contributed by atoms with Gasteiger partial charge in [0.25, 0.3) is 0 Å². The zero-order chi connectivity index (χ0) is 21.9. The van der Waals surface area contributed by atoms with E-state index in [0.717, 1.165) is 27.4 Å². The van der Waals surface area contributed by atoms with Crippen LogP contribution in [0, 0.1) is 0 Å². The lowest BCUT2D eigenvalue weighted by Crippen LogP contribution is -2.36. The van der Waals surface area contributed by atoms with E-state index >= 15 is 0 Å². The summed E-state index contributed by atoms with van der Waals surface area (Å²) in [6.45, 7) is 0.874. The largest absolute Gasteiger partial charge is 0.354 e. The highest BCUT2D eigenvalue weighted by atomic mass is 32.1. The highest BCUT2D eigenvalue weighted by Gasteiger charge is 2.30. The van der Waals surface area contributed by atoms with Crippen molar-refractivity contribution in [3.05, 3.63) is 72.1 Å². The Morgan fingerprint density at radius 1 is 1.19 bits per heavy atom. The normalized spacial score (nSPS) is 15.1. The Balaban J connectivity index is 1.33. The zero-order valence-electron chi connectivity index (χ0n) is 17.1. The minimum absolute atomic E-state index is 0.141. The number of thiophene rings is 1. The molecule has 2 N–H and O–H groups in total. The van der Waals surface area contributed by atoms with Crippen LogP contribution in [0.25, 0.3) is 21.8 Å². The fraction of sp³-hybridized carbons (Fsp3) is 0.174. The van der Waals surface area contributed by atoms with Crippen molar-refractivity contribution >= 4 is 28.8 Å². The quantitative estimate of drug-likeness (QED) is 0.475. The van der Waals surface area contributed by atoms with Gasteiger partial charge in [-0.25, -0.2) is 0 Å². The van der Waals surface area contributed by atoms with Crippen molar-refractivity contribution in [1.82, 2.24) is 25.1 Å². The summed E-state index contributed by atoms with van der Waals surface area (Å²) >= 11 is 1.62. The molecule has 1 aliphatic heterocycles. The molecule has 160 valence electrons. The van der Waals surface area contributed by atoms with E-state index < -0.39 is 5.92 Å². The molecule has 1 atom stereocenters. The lowest BCUT2D eigenvalue weighted by atomic mass is 9.90. The summed E-state index contributed by atoms with van der Waals surface area (Å²) < 4.78 is 1.87. The van der Waals surface area contributed by atoms with Gasteiger partial charge in [-0.2, -0.15) is 5.10 Å². The minimum atomic E-state index is -0.496. The van der Waals surface area contributed by atoms with E-state index in [-0.39, 0.29) is 18.2 Å². The van der Waals surface area contributed by atoms with Crippen molar-refractivity contribution < 1.29 is 9.59 Å². The fourth-order valence-electron chi connectivity index (χ4n) is 3.91. The number of amides is 2. The fourth-order valence-corrected chi connectivity index (χ4v) is 4.70. The van der Waals surface area contributed by atoms with Crippen LogP contribution in [-0.4, -0.2) is 38.1 Å². The van der Waals surface area contributed by atoms with Crippen LogP contribution in [0.4, 0.5) is 5.69 Å². The van der Waals surface area contributed by atoms with Gasteiger partial charge in [-0.15, -0.1) is 11.3 Å². The molecule has 32 heavy (non-hydrogen) atoms. The smallest absolute Gasteiger partial charge is 0.228 e. The number of nitrogens with zero attached hydrogens (tertiary/aromatic N) is 4. The average molecular weight is 445 g/mol. The molecule has 0 saturated heterocycles. The lowest BCUT2D eigenvalue weighted by Gasteiger charge is -2.24. The molecular weight excluding hydrogens is 424 g/mol. The maximum Gasteiger partial charge on any atom is 0.228 e.